The predicted octanol–water partition coefficient (Wildman–Crippen LogP) is 0.367. The molecule has 13 nitrogen and oxygen atoms in total. The molecule has 202 valence electrons. The number of fused-ring (bicyclic) bond motifs is 5. The fourth-order valence-corrected chi connectivity index (χ4v) is 4.36. The van der Waals surface area contributed by atoms with Crippen molar-refractivity contribution in [3.05, 3.63) is 57.1 Å². The summed E-state index contributed by atoms with van der Waals surface area (Å²) in [7, 11) is 3.85. The van der Waals surface area contributed by atoms with Gasteiger partial charge in [0.05, 0.1) is 32.2 Å². The molecule has 0 aromatic heterocycles. The number of hydrogen-bond acceptors (Lipinski definition) is 9. The number of esters is 1. The van der Waals surface area contributed by atoms with Crippen molar-refractivity contribution in [1.82, 2.24) is 15.5 Å². The zero-order valence-electron chi connectivity index (χ0n) is 21.4. The molecule has 1 aliphatic rings. The molecule has 0 aliphatic carbocycles. The predicted molar refractivity (Wildman–Crippen MR) is 135 cm³/mol. The number of hydrogen-bond donors (Lipinski definition) is 3. The first-order valence-electron chi connectivity index (χ1n) is 11.6. The maximum absolute atomic E-state index is 13.3. The van der Waals surface area contributed by atoms with Crippen LogP contribution in [0.15, 0.2) is 30.3 Å². The topological polar surface area (TPSA) is 183 Å². The highest BCUT2D eigenvalue weighted by Crippen LogP contribution is 2.41. The zero-order chi connectivity index (χ0) is 28.1. The van der Waals surface area contributed by atoms with Gasteiger partial charge in [-0.3, -0.25) is 24.5 Å². The van der Waals surface area contributed by atoms with E-state index in [1.165, 1.54) is 20.2 Å². The zero-order valence-corrected chi connectivity index (χ0v) is 21.4. The highest BCUT2D eigenvalue weighted by molar-refractivity contribution is 5.93. The molecule has 2 aromatic rings. The summed E-state index contributed by atoms with van der Waals surface area (Å²) in [5, 5.41) is 17.0. The van der Waals surface area contributed by atoms with Gasteiger partial charge in [-0.2, -0.15) is 0 Å². The number of benzene rings is 2. The average molecular weight is 528 g/mol. The Morgan fingerprint density at radius 2 is 1.89 bits per heavy atom. The van der Waals surface area contributed by atoms with Crippen LogP contribution in [0.2, 0.25) is 0 Å². The number of ether oxygens (including phenoxy) is 2. The fraction of sp³-hybridized carbons (Fsp3) is 0.360. The Kier molecular flexibility index (Phi) is 8.63. The van der Waals surface area contributed by atoms with Gasteiger partial charge in [0.1, 0.15) is 12.1 Å². The first-order chi connectivity index (χ1) is 18.0. The lowest BCUT2D eigenvalue weighted by atomic mass is 9.91. The van der Waals surface area contributed by atoms with Gasteiger partial charge in [-0.1, -0.05) is 12.1 Å². The van der Waals surface area contributed by atoms with Gasteiger partial charge in [0.15, 0.2) is 0 Å². The number of nitrogens with two attached hydrogens (primary N) is 1. The molecule has 4 bridgehead atoms. The summed E-state index contributed by atoms with van der Waals surface area (Å²) in [6.07, 6.45) is -0.126. The van der Waals surface area contributed by atoms with E-state index >= 15 is 0 Å². The highest BCUT2D eigenvalue weighted by Gasteiger charge is 2.32. The molecular formula is C25H29N5O8. The van der Waals surface area contributed by atoms with E-state index < -0.39 is 47.2 Å². The number of carbonyl (C=O) groups is 4. The van der Waals surface area contributed by atoms with Crippen LogP contribution in [-0.2, 0) is 30.3 Å². The summed E-state index contributed by atoms with van der Waals surface area (Å²) >= 11 is 0. The number of nitrogens with one attached hydrogen (secondary N) is 2. The third-order valence-electron chi connectivity index (χ3n) is 6.29. The van der Waals surface area contributed by atoms with Crippen molar-refractivity contribution in [1.29, 1.82) is 0 Å². The van der Waals surface area contributed by atoms with Crippen molar-refractivity contribution in [3.63, 3.8) is 0 Å². The molecule has 1 aliphatic heterocycles. The molecule has 2 aromatic carbocycles. The van der Waals surface area contributed by atoms with Crippen LogP contribution in [0.1, 0.15) is 22.7 Å². The van der Waals surface area contributed by atoms with E-state index in [4.69, 9.17) is 15.2 Å². The van der Waals surface area contributed by atoms with Crippen LogP contribution in [0, 0.1) is 17.0 Å². The normalized spacial score (nSPS) is 17.4. The number of nitro benzene ring substituents is 1. The molecule has 13 heteroatoms. The van der Waals surface area contributed by atoms with Crippen LogP contribution in [0.5, 0.6) is 5.75 Å². The molecule has 2 unspecified atom stereocenters. The van der Waals surface area contributed by atoms with Crippen molar-refractivity contribution in [2.45, 2.75) is 25.4 Å². The number of carbonyl (C=O) groups excluding carboxylic acids is 4. The molecule has 1 heterocycles. The first kappa shape index (κ1) is 28.1. The lowest BCUT2D eigenvalue weighted by Crippen LogP contribution is -2.49. The van der Waals surface area contributed by atoms with Gasteiger partial charge < -0.3 is 30.7 Å². The van der Waals surface area contributed by atoms with Crippen molar-refractivity contribution < 1.29 is 33.6 Å². The molecule has 0 saturated carbocycles. The molecular weight excluding hydrogens is 498 g/mol. The summed E-state index contributed by atoms with van der Waals surface area (Å²) < 4.78 is 10.2. The maximum atomic E-state index is 13.3. The first-order valence-corrected chi connectivity index (χ1v) is 11.6. The van der Waals surface area contributed by atoms with E-state index in [1.54, 1.807) is 31.2 Å². The fourth-order valence-electron chi connectivity index (χ4n) is 4.36. The minimum absolute atomic E-state index is 0.0304. The van der Waals surface area contributed by atoms with Gasteiger partial charge in [-0.25, -0.2) is 4.79 Å². The molecule has 2 atom stereocenters. The number of nitrogens with zero attached hydrogens (tertiary/aromatic N) is 2. The Balaban J connectivity index is 2.35. The Labute approximate surface area is 218 Å². The molecule has 3 rings (SSSR count). The molecule has 38 heavy (non-hydrogen) atoms. The minimum atomic E-state index is -1.20. The number of nitro groups is 1. The van der Waals surface area contributed by atoms with Crippen LogP contribution in [-0.4, -0.2) is 73.9 Å². The van der Waals surface area contributed by atoms with Crippen molar-refractivity contribution in [2.75, 3.05) is 34.4 Å². The van der Waals surface area contributed by atoms with Crippen molar-refractivity contribution in [2.24, 2.45) is 5.73 Å². The van der Waals surface area contributed by atoms with Gasteiger partial charge in [0, 0.05) is 25.1 Å². The van der Waals surface area contributed by atoms with Crippen LogP contribution in [0.3, 0.4) is 0 Å². The lowest BCUT2D eigenvalue weighted by Gasteiger charge is -2.28. The molecule has 4 N–H and O–H groups in total. The molecule has 0 saturated heterocycles. The molecule has 0 radical (unpaired) electrons. The van der Waals surface area contributed by atoms with Crippen LogP contribution in [0.4, 0.5) is 5.69 Å². The third-order valence-corrected chi connectivity index (χ3v) is 6.29. The second kappa shape index (κ2) is 11.7. The number of aryl methyl sites for hydroxylation is 1. The largest absolute Gasteiger partial charge is 0.490 e. The number of rotatable bonds is 5. The van der Waals surface area contributed by atoms with Crippen LogP contribution >= 0.6 is 0 Å². The van der Waals surface area contributed by atoms with Gasteiger partial charge in [0.25, 0.3) is 0 Å². The Morgan fingerprint density at radius 3 is 2.50 bits per heavy atom. The van der Waals surface area contributed by atoms with E-state index in [2.05, 4.69) is 10.6 Å². The molecule has 0 fully saturated rings. The van der Waals surface area contributed by atoms with E-state index in [-0.39, 0.29) is 24.4 Å². The SMILES string of the molecule is COC(=O)C1Cc2cc(c(OC)c([N+](=O)[O-])c2)-c2cc(ccc2C)C(N(C)C(=O)CN)C(=O)NCC(=O)N1. The van der Waals surface area contributed by atoms with Gasteiger partial charge in [-0.05, 0) is 41.3 Å². The number of amides is 3. The molecule has 3 amide bonds. The van der Waals surface area contributed by atoms with E-state index in [9.17, 15) is 29.3 Å². The van der Waals surface area contributed by atoms with Crippen LogP contribution < -0.4 is 21.1 Å². The van der Waals surface area contributed by atoms with Gasteiger partial charge >= 0.3 is 11.7 Å². The van der Waals surface area contributed by atoms with Crippen molar-refractivity contribution in [3.8, 4) is 16.9 Å². The second-order valence-corrected chi connectivity index (χ2v) is 8.70. The Morgan fingerprint density at radius 1 is 1.18 bits per heavy atom. The highest BCUT2D eigenvalue weighted by atomic mass is 16.6. The number of likely N-dealkylation sites (N-methyl/N-ethyl adjacent to an activating group) is 1. The van der Waals surface area contributed by atoms with E-state index in [0.29, 0.717) is 27.8 Å². The van der Waals surface area contributed by atoms with E-state index in [0.717, 1.165) is 12.0 Å². The van der Waals surface area contributed by atoms with Crippen molar-refractivity contribution >= 4 is 29.4 Å². The minimum Gasteiger partial charge on any atom is -0.490 e. The number of methoxy groups -OCH3 is 2. The third kappa shape index (κ3) is 5.72. The Hall–Kier alpha value is -4.52. The monoisotopic (exact) mass is 527 g/mol. The van der Waals surface area contributed by atoms with Gasteiger partial charge in [-0.15, -0.1) is 0 Å². The summed E-state index contributed by atoms with van der Waals surface area (Å²) in [5.74, 6) is -2.71. The maximum Gasteiger partial charge on any atom is 0.328 e. The summed E-state index contributed by atoms with van der Waals surface area (Å²) in [6, 6.07) is 5.50. The summed E-state index contributed by atoms with van der Waals surface area (Å²) in [5.41, 5.74) is 7.46. The quantitative estimate of drug-likeness (QED) is 0.281. The average Bonchev–Trinajstić information content (AvgIpc) is 2.90. The second-order valence-electron chi connectivity index (χ2n) is 8.70. The van der Waals surface area contributed by atoms with E-state index in [1.807, 2.05) is 0 Å². The van der Waals surface area contributed by atoms with Crippen LogP contribution in [0.25, 0.3) is 11.1 Å². The molecule has 0 spiro atoms. The Bertz CT molecular complexity index is 1290. The van der Waals surface area contributed by atoms with Gasteiger partial charge in [0.2, 0.25) is 23.5 Å². The summed E-state index contributed by atoms with van der Waals surface area (Å²) in [4.78, 5) is 63.4. The standard InChI is InChI=1S/C25H29N5O8/c1-13-5-6-15-10-16(13)17-7-14(9-19(30(35)36)23(17)37-3)8-18(25(34)38-4)28-20(31)12-27-24(33)22(15)29(2)21(32)11-26/h5-7,9-10,18,22H,8,11-12,26H2,1-4H3,(H,27,33)(H,28,31). The smallest absolute Gasteiger partial charge is 0.328 e. The summed E-state index contributed by atoms with van der Waals surface area (Å²) in [6.45, 7) is 0.921. The lowest BCUT2D eigenvalue weighted by molar-refractivity contribution is -0.385.